The largest absolute Gasteiger partial charge is 0.481 e. The van der Waals surface area contributed by atoms with Crippen LogP contribution in [0.3, 0.4) is 0 Å². The Morgan fingerprint density at radius 1 is 1.05 bits per heavy atom. The molecule has 8 heteroatoms. The first kappa shape index (κ1) is 25.1. The average Bonchev–Trinajstić information content (AvgIpc) is 3.31. The van der Waals surface area contributed by atoms with Gasteiger partial charge in [0.1, 0.15) is 5.82 Å². The molecule has 0 radical (unpaired) electrons. The van der Waals surface area contributed by atoms with E-state index in [2.05, 4.69) is 10.3 Å². The molecular formula is C31H30FN3O4. The van der Waals surface area contributed by atoms with Gasteiger partial charge in [0.15, 0.2) is 0 Å². The van der Waals surface area contributed by atoms with Gasteiger partial charge in [0.25, 0.3) is 5.91 Å². The summed E-state index contributed by atoms with van der Waals surface area (Å²) >= 11 is 0. The van der Waals surface area contributed by atoms with Crippen molar-refractivity contribution in [2.24, 2.45) is 11.3 Å². The van der Waals surface area contributed by atoms with Crippen LogP contribution in [0.1, 0.15) is 48.0 Å². The summed E-state index contributed by atoms with van der Waals surface area (Å²) in [5.74, 6) is -0.493. The second-order valence-electron chi connectivity index (χ2n) is 11.0. The van der Waals surface area contributed by atoms with Gasteiger partial charge in [0.05, 0.1) is 18.2 Å². The van der Waals surface area contributed by atoms with Crippen molar-refractivity contribution < 1.29 is 23.8 Å². The molecule has 0 atom stereocenters. The van der Waals surface area contributed by atoms with Gasteiger partial charge in [-0.3, -0.25) is 9.59 Å². The third-order valence-corrected chi connectivity index (χ3v) is 8.30. The first-order chi connectivity index (χ1) is 18.8. The molecule has 2 heterocycles. The third-order valence-electron chi connectivity index (χ3n) is 8.30. The fourth-order valence-electron chi connectivity index (χ4n) is 6.52. The molecule has 0 aliphatic heterocycles. The number of nitrogens with one attached hydrogen (secondary N) is 1. The number of carboxylic acids is 1. The van der Waals surface area contributed by atoms with Crippen molar-refractivity contribution in [1.29, 1.82) is 0 Å². The Bertz CT molecular complexity index is 1530. The second-order valence-corrected chi connectivity index (χ2v) is 11.0. The van der Waals surface area contributed by atoms with Crippen molar-refractivity contribution in [3.05, 3.63) is 83.9 Å². The number of pyridine rings is 1. The molecule has 6 rings (SSSR count). The van der Waals surface area contributed by atoms with Crippen molar-refractivity contribution in [3.63, 3.8) is 0 Å². The summed E-state index contributed by atoms with van der Waals surface area (Å²) in [5.41, 5.74) is 4.24. The van der Waals surface area contributed by atoms with Crippen molar-refractivity contribution >= 4 is 22.8 Å². The summed E-state index contributed by atoms with van der Waals surface area (Å²) < 4.78 is 21.7. The molecule has 2 aliphatic rings. The molecule has 0 saturated heterocycles. The van der Waals surface area contributed by atoms with Crippen LogP contribution in [0, 0.1) is 17.2 Å². The van der Waals surface area contributed by atoms with Gasteiger partial charge >= 0.3 is 5.97 Å². The van der Waals surface area contributed by atoms with Crippen LogP contribution >= 0.6 is 0 Å². The van der Waals surface area contributed by atoms with Crippen LogP contribution in [0.5, 0.6) is 5.88 Å². The Morgan fingerprint density at radius 2 is 1.79 bits per heavy atom. The fourth-order valence-corrected chi connectivity index (χ4v) is 6.52. The zero-order valence-corrected chi connectivity index (χ0v) is 21.7. The van der Waals surface area contributed by atoms with E-state index in [1.54, 1.807) is 25.4 Å². The molecule has 2 fully saturated rings. The summed E-state index contributed by atoms with van der Waals surface area (Å²) in [6.45, 7) is 0.492. The molecule has 0 unspecified atom stereocenters. The lowest BCUT2D eigenvalue weighted by atomic mass is 9.49. The molecule has 1 spiro atoms. The van der Waals surface area contributed by atoms with Crippen LogP contribution in [0.25, 0.3) is 22.0 Å². The van der Waals surface area contributed by atoms with Crippen LogP contribution < -0.4 is 10.1 Å². The monoisotopic (exact) mass is 527 g/mol. The number of benzene rings is 2. The first-order valence-electron chi connectivity index (χ1n) is 13.2. The molecule has 2 N–H and O–H groups in total. The van der Waals surface area contributed by atoms with Crippen LogP contribution in [0.4, 0.5) is 4.39 Å². The van der Waals surface area contributed by atoms with Crippen LogP contribution in [-0.2, 0) is 11.3 Å². The number of carboxylic acid groups (broad SMARTS) is 1. The van der Waals surface area contributed by atoms with E-state index in [-0.39, 0.29) is 35.5 Å². The molecule has 2 aromatic carbocycles. The SMILES string of the molecule is COc1ccc(-c2ccc(Cn3ccc4c(F)ccc(C(=O)NC5CC6(CC(CC(=O)O)C6)C5)c43)cc2)cn1. The molecule has 200 valence electrons. The van der Waals surface area contributed by atoms with E-state index in [9.17, 15) is 14.0 Å². The Kier molecular flexibility index (Phi) is 6.33. The highest BCUT2D eigenvalue weighted by atomic mass is 19.1. The topological polar surface area (TPSA) is 93.5 Å². The summed E-state index contributed by atoms with van der Waals surface area (Å²) in [7, 11) is 1.58. The molecule has 2 saturated carbocycles. The van der Waals surface area contributed by atoms with Crippen LogP contribution in [-0.4, -0.2) is 39.7 Å². The quantitative estimate of drug-likeness (QED) is 0.308. The Labute approximate surface area is 225 Å². The molecule has 39 heavy (non-hydrogen) atoms. The number of aromatic nitrogens is 2. The molecule has 7 nitrogen and oxygen atoms in total. The van der Waals surface area contributed by atoms with Gasteiger partial charge in [0.2, 0.25) is 5.88 Å². The maximum Gasteiger partial charge on any atom is 0.303 e. The van der Waals surface area contributed by atoms with E-state index >= 15 is 0 Å². The first-order valence-corrected chi connectivity index (χ1v) is 13.2. The smallest absolute Gasteiger partial charge is 0.303 e. The summed E-state index contributed by atoms with van der Waals surface area (Å²) in [6.07, 6.45) is 7.40. The zero-order valence-electron chi connectivity index (χ0n) is 21.7. The molecule has 2 aliphatic carbocycles. The van der Waals surface area contributed by atoms with Gasteiger partial charge in [-0.05, 0) is 72.4 Å². The lowest BCUT2D eigenvalue weighted by Gasteiger charge is -2.57. The Hall–Kier alpha value is -4.20. The molecule has 2 aromatic heterocycles. The summed E-state index contributed by atoms with van der Waals surface area (Å²) in [4.78, 5) is 28.5. The lowest BCUT2D eigenvalue weighted by molar-refractivity contribution is -0.142. The zero-order chi connectivity index (χ0) is 27.1. The molecule has 0 bridgehead atoms. The van der Waals surface area contributed by atoms with Gasteiger partial charge in [0, 0.05) is 48.4 Å². The number of carbonyl (C=O) groups excluding carboxylic acids is 1. The normalized spacial score (nSPS) is 21.8. The number of fused-ring (bicyclic) bond motifs is 1. The van der Waals surface area contributed by atoms with Crippen LogP contribution in [0.15, 0.2) is 67.0 Å². The van der Waals surface area contributed by atoms with Crippen molar-refractivity contribution in [2.75, 3.05) is 7.11 Å². The van der Waals surface area contributed by atoms with Crippen LogP contribution in [0.2, 0.25) is 0 Å². The van der Waals surface area contributed by atoms with Gasteiger partial charge < -0.3 is 19.7 Å². The van der Waals surface area contributed by atoms with E-state index in [1.807, 2.05) is 47.2 Å². The number of rotatable bonds is 8. The third kappa shape index (κ3) is 4.87. The van der Waals surface area contributed by atoms with Gasteiger partial charge in [-0.1, -0.05) is 24.3 Å². The number of nitrogens with zero attached hydrogens (tertiary/aromatic N) is 2. The Morgan fingerprint density at radius 3 is 2.46 bits per heavy atom. The molecule has 1 amide bonds. The number of methoxy groups -OCH3 is 1. The molecular weight excluding hydrogens is 497 g/mol. The maximum absolute atomic E-state index is 14.7. The number of hydrogen-bond acceptors (Lipinski definition) is 4. The highest BCUT2D eigenvalue weighted by Gasteiger charge is 2.53. The minimum Gasteiger partial charge on any atom is -0.481 e. The second kappa shape index (κ2) is 9.84. The summed E-state index contributed by atoms with van der Waals surface area (Å²) in [6, 6.07) is 16.6. The lowest BCUT2D eigenvalue weighted by Crippen LogP contribution is -2.56. The van der Waals surface area contributed by atoms with Gasteiger partial charge in [-0.25, -0.2) is 9.37 Å². The van der Waals surface area contributed by atoms with E-state index in [1.165, 1.54) is 6.07 Å². The van der Waals surface area contributed by atoms with E-state index in [0.29, 0.717) is 28.9 Å². The van der Waals surface area contributed by atoms with Gasteiger partial charge in [-0.2, -0.15) is 0 Å². The maximum atomic E-state index is 14.7. The van der Waals surface area contributed by atoms with Crippen molar-refractivity contribution in [2.45, 2.75) is 44.7 Å². The van der Waals surface area contributed by atoms with Crippen molar-refractivity contribution in [1.82, 2.24) is 14.9 Å². The predicted molar refractivity (Wildman–Crippen MR) is 145 cm³/mol. The standard InChI is InChI=1S/C31H30FN3O4/c1-39-27-9-6-22(17-33-27)21-4-2-19(3-5-21)18-35-11-10-24-26(32)8-7-25(29(24)35)30(38)34-23-15-31(16-23)13-20(14-31)12-28(36)37/h2-11,17,20,23H,12-16,18H2,1H3,(H,34,38)(H,36,37). The Balaban J connectivity index is 1.16. The van der Waals surface area contributed by atoms with Gasteiger partial charge in [-0.15, -0.1) is 0 Å². The number of aliphatic carboxylic acids is 1. The minimum atomic E-state index is -0.743. The number of halogens is 1. The predicted octanol–water partition coefficient (Wildman–Crippen LogP) is 5.66. The molecule has 4 aromatic rings. The van der Waals surface area contributed by atoms with E-state index in [0.717, 1.165) is 42.4 Å². The highest BCUT2D eigenvalue weighted by molar-refractivity contribution is 6.06. The van der Waals surface area contributed by atoms with E-state index < -0.39 is 5.97 Å². The number of ether oxygens (including phenoxy) is 1. The minimum absolute atomic E-state index is 0.0618. The van der Waals surface area contributed by atoms with Crippen molar-refractivity contribution in [3.8, 4) is 17.0 Å². The van der Waals surface area contributed by atoms with E-state index in [4.69, 9.17) is 9.84 Å². The highest BCUT2D eigenvalue weighted by Crippen LogP contribution is 2.59. The number of hydrogen-bond donors (Lipinski definition) is 2. The average molecular weight is 528 g/mol. The number of amides is 1. The number of carbonyl (C=O) groups is 2. The summed E-state index contributed by atoms with van der Waals surface area (Å²) in [5, 5.41) is 12.5. The fraction of sp³-hybridized carbons (Fsp3) is 0.323.